The molecule has 0 spiro atoms. The molecule has 34 heavy (non-hydrogen) atoms. The van der Waals surface area contributed by atoms with Crippen LogP contribution in [0, 0.1) is 10.8 Å². The van der Waals surface area contributed by atoms with Crippen LogP contribution >= 0.6 is 0 Å². The van der Waals surface area contributed by atoms with Gasteiger partial charge in [0.1, 0.15) is 0 Å². The minimum Gasteiger partial charge on any atom is -0.211 e. The predicted octanol–water partition coefficient (Wildman–Crippen LogP) is 4.65. The molecule has 1 aliphatic carbocycles. The largest absolute Gasteiger partial charge is 0.240 e. The van der Waals surface area contributed by atoms with Crippen molar-refractivity contribution >= 4 is 20.0 Å². The maximum atomic E-state index is 13.1. The number of benzene rings is 2. The first-order valence-electron chi connectivity index (χ1n) is 12.0. The molecule has 0 aromatic heterocycles. The maximum Gasteiger partial charge on any atom is 0.240 e. The Morgan fingerprint density at radius 2 is 1.24 bits per heavy atom. The summed E-state index contributed by atoms with van der Waals surface area (Å²) < 4.78 is 57.6. The van der Waals surface area contributed by atoms with Gasteiger partial charge in [-0.1, -0.05) is 58.9 Å². The standard InChI is InChI=1S/C26H38N2O4S2/c1-6-20-8-12-23(13-9-20)33(29,30)27-19-26(5)17-22(16-25(3,4)18-26)28-34(31,32)24-14-10-21(7-2)11-15-24/h8-15,22,27-28H,6-7,16-19H2,1-5H3/t22-,26-/m1/s1. The van der Waals surface area contributed by atoms with Crippen molar-refractivity contribution in [3.8, 4) is 0 Å². The van der Waals surface area contributed by atoms with Crippen LogP contribution in [0.1, 0.15) is 65.0 Å². The smallest absolute Gasteiger partial charge is 0.211 e. The quantitative estimate of drug-likeness (QED) is 0.518. The first kappa shape index (κ1) is 26.9. The van der Waals surface area contributed by atoms with Crippen LogP contribution in [0.4, 0.5) is 0 Å². The van der Waals surface area contributed by atoms with Gasteiger partial charge in [0.05, 0.1) is 9.79 Å². The highest BCUT2D eigenvalue weighted by Gasteiger charge is 2.43. The molecule has 0 heterocycles. The third-order valence-corrected chi connectivity index (χ3v) is 9.69. The van der Waals surface area contributed by atoms with Gasteiger partial charge in [0.25, 0.3) is 0 Å². The number of rotatable bonds is 9. The molecule has 188 valence electrons. The second-order valence-electron chi connectivity index (χ2n) is 10.7. The lowest BCUT2D eigenvalue weighted by atomic mass is 9.63. The summed E-state index contributed by atoms with van der Waals surface area (Å²) in [6, 6.07) is 13.6. The highest BCUT2D eigenvalue weighted by atomic mass is 32.2. The van der Waals surface area contributed by atoms with Crippen molar-refractivity contribution in [3.63, 3.8) is 0 Å². The molecule has 1 fully saturated rings. The fraction of sp³-hybridized carbons (Fsp3) is 0.538. The molecule has 0 bridgehead atoms. The Hall–Kier alpha value is -1.74. The Morgan fingerprint density at radius 3 is 1.71 bits per heavy atom. The van der Waals surface area contributed by atoms with E-state index in [0.717, 1.165) is 30.4 Å². The SMILES string of the molecule is CCc1ccc(S(=O)(=O)NC[C@]2(C)C[C@H](NS(=O)(=O)c3ccc(CC)cc3)CC(C)(C)C2)cc1. The topological polar surface area (TPSA) is 92.3 Å². The average Bonchev–Trinajstić information content (AvgIpc) is 2.76. The van der Waals surface area contributed by atoms with Gasteiger partial charge in [-0.05, 0) is 78.3 Å². The zero-order valence-corrected chi connectivity index (χ0v) is 22.5. The average molecular weight is 507 g/mol. The van der Waals surface area contributed by atoms with Gasteiger partial charge in [0, 0.05) is 12.6 Å². The van der Waals surface area contributed by atoms with Crippen LogP contribution in [0.5, 0.6) is 0 Å². The van der Waals surface area contributed by atoms with E-state index in [1.807, 2.05) is 45.0 Å². The fourth-order valence-corrected chi connectivity index (χ4v) is 7.74. The Kier molecular flexibility index (Phi) is 7.97. The van der Waals surface area contributed by atoms with Gasteiger partial charge in [0.2, 0.25) is 20.0 Å². The number of aryl methyl sites for hydroxylation is 2. The molecule has 0 unspecified atom stereocenters. The summed E-state index contributed by atoms with van der Waals surface area (Å²) in [6.07, 6.45) is 3.74. The fourth-order valence-electron chi connectivity index (χ4n) is 5.30. The zero-order chi connectivity index (χ0) is 25.2. The first-order chi connectivity index (χ1) is 15.8. The summed E-state index contributed by atoms with van der Waals surface area (Å²) in [5.74, 6) is 0. The van der Waals surface area contributed by atoms with E-state index in [4.69, 9.17) is 0 Å². The molecule has 0 aliphatic heterocycles. The zero-order valence-electron chi connectivity index (χ0n) is 20.9. The van der Waals surface area contributed by atoms with E-state index in [9.17, 15) is 16.8 Å². The van der Waals surface area contributed by atoms with Crippen molar-refractivity contribution < 1.29 is 16.8 Å². The summed E-state index contributed by atoms with van der Waals surface area (Å²) in [5.41, 5.74) is 1.64. The number of sulfonamides is 2. The summed E-state index contributed by atoms with van der Waals surface area (Å²) in [6.45, 7) is 10.6. The molecule has 2 aromatic rings. The molecule has 0 saturated heterocycles. The molecule has 1 aliphatic rings. The predicted molar refractivity (Wildman–Crippen MR) is 137 cm³/mol. The highest BCUT2D eigenvalue weighted by Crippen LogP contribution is 2.46. The van der Waals surface area contributed by atoms with Gasteiger partial charge >= 0.3 is 0 Å². The van der Waals surface area contributed by atoms with Gasteiger partial charge in [-0.3, -0.25) is 0 Å². The Labute approximate surface area is 205 Å². The van der Waals surface area contributed by atoms with Gasteiger partial charge in [-0.15, -0.1) is 0 Å². The molecule has 2 N–H and O–H groups in total. The van der Waals surface area contributed by atoms with Crippen molar-refractivity contribution in [2.75, 3.05) is 6.54 Å². The second-order valence-corrected chi connectivity index (χ2v) is 14.2. The van der Waals surface area contributed by atoms with Crippen molar-refractivity contribution in [2.24, 2.45) is 10.8 Å². The van der Waals surface area contributed by atoms with Crippen LogP contribution in [0.3, 0.4) is 0 Å². The van der Waals surface area contributed by atoms with Crippen LogP contribution in [-0.4, -0.2) is 29.4 Å². The van der Waals surface area contributed by atoms with Gasteiger partial charge in [-0.25, -0.2) is 26.3 Å². The van der Waals surface area contributed by atoms with E-state index in [1.54, 1.807) is 24.3 Å². The maximum absolute atomic E-state index is 13.1. The highest BCUT2D eigenvalue weighted by molar-refractivity contribution is 7.89. The first-order valence-corrected chi connectivity index (χ1v) is 14.9. The van der Waals surface area contributed by atoms with Gasteiger partial charge < -0.3 is 0 Å². The van der Waals surface area contributed by atoms with E-state index >= 15 is 0 Å². The van der Waals surface area contributed by atoms with Crippen molar-refractivity contribution in [3.05, 3.63) is 59.7 Å². The molecular formula is C26H38N2O4S2. The minimum absolute atomic E-state index is 0.138. The van der Waals surface area contributed by atoms with Crippen LogP contribution in [0.25, 0.3) is 0 Å². The molecule has 1 saturated carbocycles. The van der Waals surface area contributed by atoms with Crippen LogP contribution in [-0.2, 0) is 32.9 Å². The second kappa shape index (κ2) is 10.1. The molecule has 0 amide bonds. The summed E-state index contributed by atoms with van der Waals surface area (Å²) in [4.78, 5) is 0.502. The van der Waals surface area contributed by atoms with Crippen LogP contribution in [0.15, 0.2) is 58.3 Å². The molecule has 2 aromatic carbocycles. The Morgan fingerprint density at radius 1 is 0.765 bits per heavy atom. The molecular weight excluding hydrogens is 468 g/mol. The minimum atomic E-state index is -3.67. The van der Waals surface area contributed by atoms with E-state index in [-0.39, 0.29) is 27.8 Å². The van der Waals surface area contributed by atoms with Gasteiger partial charge in [-0.2, -0.15) is 0 Å². The molecule has 0 radical (unpaired) electrons. The van der Waals surface area contributed by atoms with E-state index < -0.39 is 25.5 Å². The normalized spacial score (nSPS) is 23.0. The Balaban J connectivity index is 1.73. The lowest BCUT2D eigenvalue weighted by Crippen LogP contribution is -2.50. The van der Waals surface area contributed by atoms with Crippen LogP contribution in [0.2, 0.25) is 0 Å². The van der Waals surface area contributed by atoms with E-state index in [2.05, 4.69) is 23.3 Å². The third-order valence-electron chi connectivity index (χ3n) is 6.74. The number of nitrogens with one attached hydrogen (secondary N) is 2. The monoisotopic (exact) mass is 506 g/mol. The lowest BCUT2D eigenvalue weighted by Gasteiger charge is -2.46. The molecule has 3 rings (SSSR count). The van der Waals surface area contributed by atoms with E-state index in [0.29, 0.717) is 12.8 Å². The Bertz CT molecular complexity index is 1190. The third kappa shape index (κ3) is 6.68. The molecule has 6 nitrogen and oxygen atoms in total. The van der Waals surface area contributed by atoms with Gasteiger partial charge in [0.15, 0.2) is 0 Å². The van der Waals surface area contributed by atoms with Crippen molar-refractivity contribution in [1.29, 1.82) is 0 Å². The van der Waals surface area contributed by atoms with Crippen molar-refractivity contribution in [1.82, 2.24) is 9.44 Å². The lowest BCUT2D eigenvalue weighted by molar-refractivity contribution is 0.0821. The van der Waals surface area contributed by atoms with Crippen molar-refractivity contribution in [2.45, 2.75) is 82.6 Å². The van der Waals surface area contributed by atoms with E-state index in [1.165, 1.54) is 0 Å². The summed E-state index contributed by atoms with van der Waals surface area (Å²) in [5, 5.41) is 0. The summed E-state index contributed by atoms with van der Waals surface area (Å²) in [7, 11) is -7.32. The molecule has 2 atom stereocenters. The number of hydrogen-bond acceptors (Lipinski definition) is 4. The van der Waals surface area contributed by atoms with Crippen LogP contribution < -0.4 is 9.44 Å². The molecule has 8 heteroatoms. The number of hydrogen-bond donors (Lipinski definition) is 2. The summed E-state index contributed by atoms with van der Waals surface area (Å²) >= 11 is 0.